The van der Waals surface area contributed by atoms with Gasteiger partial charge in [-0.3, -0.25) is 0 Å². The largest absolute Gasteiger partial charge is 0.497 e. The maximum atomic E-state index is 10.9. The number of methoxy groups -OCH3 is 1. The van der Waals surface area contributed by atoms with Gasteiger partial charge in [-0.05, 0) is 19.1 Å². The second kappa shape index (κ2) is 6.74. The molecule has 0 bridgehead atoms. The molecule has 0 unspecified atom stereocenters. The predicted octanol–water partition coefficient (Wildman–Crippen LogP) is 1.76. The third-order valence-electron chi connectivity index (χ3n) is 3.01. The second-order valence-corrected chi connectivity index (χ2v) is 4.43. The lowest BCUT2D eigenvalue weighted by molar-refractivity contribution is 0.0689. The van der Waals surface area contributed by atoms with Gasteiger partial charge in [0.25, 0.3) is 0 Å². The third-order valence-corrected chi connectivity index (χ3v) is 3.01. The van der Waals surface area contributed by atoms with Crippen LogP contribution in [0.1, 0.15) is 22.6 Å². The number of hydrogen-bond acceptors (Lipinski definition) is 5. The lowest BCUT2D eigenvalue weighted by atomic mass is 10.3. The number of aromatic nitrogens is 3. The number of hydrogen-bond donors (Lipinski definition) is 1. The highest BCUT2D eigenvalue weighted by molar-refractivity contribution is 5.86. The minimum Gasteiger partial charge on any atom is -0.497 e. The summed E-state index contributed by atoms with van der Waals surface area (Å²) in [6.45, 7) is 2.73. The fourth-order valence-corrected chi connectivity index (χ4v) is 1.87. The van der Waals surface area contributed by atoms with Crippen molar-refractivity contribution in [3.05, 3.63) is 35.7 Å². The van der Waals surface area contributed by atoms with E-state index in [-0.39, 0.29) is 5.69 Å². The minimum atomic E-state index is -1.06. The van der Waals surface area contributed by atoms with Crippen LogP contribution >= 0.6 is 0 Å². The van der Waals surface area contributed by atoms with Crippen LogP contribution in [0.3, 0.4) is 0 Å². The summed E-state index contributed by atoms with van der Waals surface area (Å²) in [5.41, 5.74) is 0.535. The zero-order valence-electron chi connectivity index (χ0n) is 11.9. The summed E-state index contributed by atoms with van der Waals surface area (Å²) in [6.07, 6.45) is 0.695. The van der Waals surface area contributed by atoms with Crippen molar-refractivity contribution in [3.63, 3.8) is 0 Å². The van der Waals surface area contributed by atoms with Crippen molar-refractivity contribution in [2.24, 2.45) is 0 Å². The predicted molar refractivity (Wildman–Crippen MR) is 74.8 cm³/mol. The zero-order chi connectivity index (χ0) is 15.2. The molecule has 1 N–H and O–H groups in total. The van der Waals surface area contributed by atoms with E-state index in [0.717, 1.165) is 11.5 Å². The highest BCUT2D eigenvalue weighted by Gasteiger charge is 2.14. The van der Waals surface area contributed by atoms with Crippen molar-refractivity contribution in [1.29, 1.82) is 0 Å². The molecule has 0 amide bonds. The van der Waals surface area contributed by atoms with E-state index >= 15 is 0 Å². The van der Waals surface area contributed by atoms with Crippen molar-refractivity contribution in [2.45, 2.75) is 19.9 Å². The van der Waals surface area contributed by atoms with E-state index in [2.05, 4.69) is 10.3 Å². The Labute approximate surface area is 122 Å². The van der Waals surface area contributed by atoms with E-state index in [1.807, 2.05) is 24.3 Å². The molecule has 2 aromatic rings. The van der Waals surface area contributed by atoms with Crippen molar-refractivity contribution < 1.29 is 19.4 Å². The van der Waals surface area contributed by atoms with E-state index < -0.39 is 5.97 Å². The SMILES string of the molecule is COc1cccc(OCCCn2nnc(C(=O)O)c2C)c1. The van der Waals surface area contributed by atoms with Crippen LogP contribution in [0.2, 0.25) is 0 Å². The number of aryl methyl sites for hydroxylation is 1. The van der Waals surface area contributed by atoms with Gasteiger partial charge >= 0.3 is 5.97 Å². The number of benzene rings is 1. The monoisotopic (exact) mass is 291 g/mol. The minimum absolute atomic E-state index is 0.0104. The molecule has 0 saturated heterocycles. The lowest BCUT2D eigenvalue weighted by Crippen LogP contribution is -2.08. The molecule has 7 nitrogen and oxygen atoms in total. The Morgan fingerprint density at radius 3 is 2.81 bits per heavy atom. The number of ether oxygens (including phenoxy) is 2. The van der Waals surface area contributed by atoms with Crippen molar-refractivity contribution >= 4 is 5.97 Å². The van der Waals surface area contributed by atoms with Gasteiger partial charge in [-0.25, -0.2) is 9.48 Å². The quantitative estimate of drug-likeness (QED) is 0.782. The molecule has 0 spiro atoms. The van der Waals surface area contributed by atoms with Crippen LogP contribution in [-0.2, 0) is 6.54 Å². The number of rotatable bonds is 7. The molecule has 1 heterocycles. The molecule has 1 aromatic carbocycles. The smallest absolute Gasteiger partial charge is 0.358 e. The molecule has 2 rings (SSSR count). The topological polar surface area (TPSA) is 86.5 Å². The number of carboxylic acids is 1. The molecule has 21 heavy (non-hydrogen) atoms. The first-order chi connectivity index (χ1) is 10.1. The molecule has 0 saturated carbocycles. The molecule has 0 radical (unpaired) electrons. The third kappa shape index (κ3) is 3.71. The second-order valence-electron chi connectivity index (χ2n) is 4.43. The number of nitrogens with zero attached hydrogens (tertiary/aromatic N) is 3. The maximum absolute atomic E-state index is 10.9. The fraction of sp³-hybridized carbons (Fsp3) is 0.357. The van der Waals surface area contributed by atoms with Crippen LogP contribution in [0.25, 0.3) is 0 Å². The van der Waals surface area contributed by atoms with Gasteiger partial charge in [0.1, 0.15) is 11.5 Å². The van der Waals surface area contributed by atoms with Crippen LogP contribution in [0.5, 0.6) is 11.5 Å². The van der Waals surface area contributed by atoms with E-state index in [9.17, 15) is 4.79 Å². The molecule has 0 fully saturated rings. The molecule has 0 aliphatic carbocycles. The summed E-state index contributed by atoms with van der Waals surface area (Å²) >= 11 is 0. The average molecular weight is 291 g/mol. The van der Waals surface area contributed by atoms with E-state index in [4.69, 9.17) is 14.6 Å². The lowest BCUT2D eigenvalue weighted by Gasteiger charge is -2.08. The summed E-state index contributed by atoms with van der Waals surface area (Å²) in [4.78, 5) is 10.9. The van der Waals surface area contributed by atoms with E-state index in [1.54, 1.807) is 18.7 Å². The first-order valence-electron chi connectivity index (χ1n) is 6.52. The highest BCUT2D eigenvalue weighted by Crippen LogP contribution is 2.18. The summed E-state index contributed by atoms with van der Waals surface area (Å²) in [5, 5.41) is 16.3. The Morgan fingerprint density at radius 1 is 1.38 bits per heavy atom. The normalized spacial score (nSPS) is 10.4. The average Bonchev–Trinajstić information content (AvgIpc) is 2.85. The van der Waals surface area contributed by atoms with Gasteiger partial charge in [0.2, 0.25) is 0 Å². The molecule has 0 aliphatic heterocycles. The maximum Gasteiger partial charge on any atom is 0.358 e. The molecule has 1 aromatic heterocycles. The zero-order valence-corrected chi connectivity index (χ0v) is 11.9. The van der Waals surface area contributed by atoms with Gasteiger partial charge < -0.3 is 14.6 Å². The summed E-state index contributed by atoms with van der Waals surface area (Å²) in [5.74, 6) is 0.410. The summed E-state index contributed by atoms with van der Waals surface area (Å²) < 4.78 is 12.3. The van der Waals surface area contributed by atoms with Gasteiger partial charge in [-0.15, -0.1) is 5.10 Å². The Morgan fingerprint density at radius 2 is 2.14 bits per heavy atom. The number of aromatic carboxylic acids is 1. The van der Waals surface area contributed by atoms with E-state index in [0.29, 0.717) is 25.3 Å². The molecular formula is C14H17N3O4. The Bertz CT molecular complexity index is 624. The summed E-state index contributed by atoms with van der Waals surface area (Å²) in [6, 6.07) is 7.36. The number of carbonyl (C=O) groups is 1. The Balaban J connectivity index is 1.83. The first kappa shape index (κ1) is 14.8. The van der Waals surface area contributed by atoms with Crippen LogP contribution in [-0.4, -0.2) is 39.8 Å². The fourth-order valence-electron chi connectivity index (χ4n) is 1.87. The summed E-state index contributed by atoms with van der Waals surface area (Å²) in [7, 11) is 1.60. The molecule has 0 aliphatic rings. The van der Waals surface area contributed by atoms with Crippen molar-refractivity contribution in [3.8, 4) is 11.5 Å². The van der Waals surface area contributed by atoms with Gasteiger partial charge in [0.05, 0.1) is 19.4 Å². The van der Waals surface area contributed by atoms with Crippen LogP contribution < -0.4 is 9.47 Å². The van der Waals surface area contributed by atoms with Crippen molar-refractivity contribution in [2.75, 3.05) is 13.7 Å². The Hall–Kier alpha value is -2.57. The van der Waals surface area contributed by atoms with Crippen molar-refractivity contribution in [1.82, 2.24) is 15.0 Å². The van der Waals surface area contributed by atoms with Gasteiger partial charge in [-0.2, -0.15) is 0 Å². The van der Waals surface area contributed by atoms with Crippen LogP contribution in [0.4, 0.5) is 0 Å². The van der Waals surface area contributed by atoms with Gasteiger partial charge in [0, 0.05) is 19.0 Å². The molecular weight excluding hydrogens is 274 g/mol. The van der Waals surface area contributed by atoms with Gasteiger partial charge in [-0.1, -0.05) is 11.3 Å². The van der Waals surface area contributed by atoms with E-state index in [1.165, 1.54) is 0 Å². The van der Waals surface area contributed by atoms with Crippen LogP contribution in [0, 0.1) is 6.92 Å². The molecule has 7 heteroatoms. The highest BCUT2D eigenvalue weighted by atomic mass is 16.5. The standard InChI is InChI=1S/C14H17N3O4/c1-10-13(14(18)19)15-16-17(10)7-4-8-21-12-6-3-5-11(9-12)20-2/h3,5-6,9H,4,7-8H2,1-2H3,(H,18,19). The number of carboxylic acid groups (broad SMARTS) is 1. The Kier molecular flexibility index (Phi) is 4.76. The van der Waals surface area contributed by atoms with Crippen LogP contribution in [0.15, 0.2) is 24.3 Å². The first-order valence-corrected chi connectivity index (χ1v) is 6.52. The molecule has 0 atom stereocenters. The van der Waals surface area contributed by atoms with Gasteiger partial charge in [0.15, 0.2) is 5.69 Å². The molecule has 112 valence electrons.